The summed E-state index contributed by atoms with van der Waals surface area (Å²) in [4.78, 5) is 10.7. The van der Waals surface area contributed by atoms with Crippen LogP contribution in [0, 0.1) is 5.92 Å². The van der Waals surface area contributed by atoms with E-state index in [-0.39, 0.29) is 6.42 Å². The molecule has 3 nitrogen and oxygen atoms in total. The van der Waals surface area contributed by atoms with Gasteiger partial charge in [0.15, 0.2) is 0 Å². The summed E-state index contributed by atoms with van der Waals surface area (Å²) in [6, 6.07) is 7.30. The molecule has 0 aromatic heterocycles. The number of aliphatic carboxylic acids is 1. The average Bonchev–Trinajstić information content (AvgIpc) is 2.13. The monoisotopic (exact) mass is 234 g/mol. The molecule has 1 aromatic rings. The van der Waals surface area contributed by atoms with Crippen LogP contribution in [0.2, 0.25) is 0 Å². The first-order chi connectivity index (χ1) is 8.00. The molecule has 0 saturated heterocycles. The van der Waals surface area contributed by atoms with Crippen molar-refractivity contribution in [3.63, 3.8) is 0 Å². The molecule has 3 heteroatoms. The number of hydrogen-bond acceptors (Lipinski definition) is 2. The zero-order valence-corrected chi connectivity index (χ0v) is 10.0. The standard InChI is InChI=1S/C14H18O3/c1-14(17,11-5-3-6-11)12-7-2-4-10(8-12)9-13(15)16/h2,4,7-8,11,17H,3,5-6,9H2,1H3,(H,15,16). The summed E-state index contributed by atoms with van der Waals surface area (Å²) in [6.45, 7) is 1.83. The number of carbonyl (C=O) groups is 1. The molecule has 0 amide bonds. The number of carboxylic acid groups (broad SMARTS) is 1. The van der Waals surface area contributed by atoms with Gasteiger partial charge in [0.05, 0.1) is 12.0 Å². The molecule has 1 atom stereocenters. The van der Waals surface area contributed by atoms with E-state index in [4.69, 9.17) is 5.11 Å². The summed E-state index contributed by atoms with van der Waals surface area (Å²) in [5.41, 5.74) is 0.753. The van der Waals surface area contributed by atoms with Crippen molar-refractivity contribution < 1.29 is 15.0 Å². The van der Waals surface area contributed by atoms with Crippen LogP contribution in [-0.2, 0) is 16.8 Å². The van der Waals surface area contributed by atoms with Crippen LogP contribution in [0.25, 0.3) is 0 Å². The second-order valence-electron chi connectivity index (χ2n) is 5.05. The van der Waals surface area contributed by atoms with Gasteiger partial charge < -0.3 is 10.2 Å². The van der Waals surface area contributed by atoms with Gasteiger partial charge in [0, 0.05) is 0 Å². The zero-order valence-electron chi connectivity index (χ0n) is 10.0. The summed E-state index contributed by atoms with van der Waals surface area (Å²) in [5, 5.41) is 19.3. The van der Waals surface area contributed by atoms with Gasteiger partial charge in [-0.2, -0.15) is 0 Å². The van der Waals surface area contributed by atoms with Crippen molar-refractivity contribution in [2.24, 2.45) is 5.92 Å². The molecular formula is C14H18O3. The summed E-state index contributed by atoms with van der Waals surface area (Å²) in [5.74, 6) is -0.534. The van der Waals surface area contributed by atoms with Crippen LogP contribution < -0.4 is 0 Å². The van der Waals surface area contributed by atoms with Crippen LogP contribution in [0.4, 0.5) is 0 Å². The Morgan fingerprint density at radius 2 is 2.18 bits per heavy atom. The molecule has 0 radical (unpaired) electrons. The summed E-state index contributed by atoms with van der Waals surface area (Å²) < 4.78 is 0. The predicted molar refractivity (Wildman–Crippen MR) is 64.7 cm³/mol. The Bertz CT molecular complexity index is 419. The molecule has 0 heterocycles. The van der Waals surface area contributed by atoms with E-state index in [1.165, 1.54) is 6.42 Å². The van der Waals surface area contributed by atoms with Crippen molar-refractivity contribution in [3.8, 4) is 0 Å². The van der Waals surface area contributed by atoms with Crippen LogP contribution in [0.3, 0.4) is 0 Å². The van der Waals surface area contributed by atoms with Crippen molar-refractivity contribution >= 4 is 5.97 Å². The molecule has 1 aliphatic rings. The minimum Gasteiger partial charge on any atom is -0.481 e. The molecule has 1 fully saturated rings. The average molecular weight is 234 g/mol. The Morgan fingerprint density at radius 1 is 1.47 bits per heavy atom. The largest absolute Gasteiger partial charge is 0.481 e. The van der Waals surface area contributed by atoms with E-state index in [0.717, 1.165) is 24.0 Å². The molecule has 1 aromatic carbocycles. The van der Waals surface area contributed by atoms with Gasteiger partial charge in [-0.1, -0.05) is 30.7 Å². The molecule has 0 bridgehead atoms. The van der Waals surface area contributed by atoms with Gasteiger partial charge in [0.25, 0.3) is 0 Å². The summed E-state index contributed by atoms with van der Waals surface area (Å²) >= 11 is 0. The lowest BCUT2D eigenvalue weighted by Crippen LogP contribution is -2.36. The fourth-order valence-electron chi connectivity index (χ4n) is 2.38. The molecule has 1 unspecified atom stereocenters. The lowest BCUT2D eigenvalue weighted by atomic mass is 9.70. The van der Waals surface area contributed by atoms with Crippen LogP contribution in [0.1, 0.15) is 37.3 Å². The summed E-state index contributed by atoms with van der Waals surface area (Å²) in [7, 11) is 0. The van der Waals surface area contributed by atoms with Crippen LogP contribution >= 0.6 is 0 Å². The SMILES string of the molecule is CC(O)(c1cccc(CC(=O)O)c1)C1CCC1. The molecule has 1 saturated carbocycles. The first-order valence-corrected chi connectivity index (χ1v) is 6.03. The van der Waals surface area contributed by atoms with Crippen molar-refractivity contribution in [3.05, 3.63) is 35.4 Å². The van der Waals surface area contributed by atoms with Gasteiger partial charge in [-0.05, 0) is 36.8 Å². The molecule has 0 spiro atoms. The van der Waals surface area contributed by atoms with E-state index >= 15 is 0 Å². The number of carboxylic acids is 1. The third-order valence-electron chi connectivity index (χ3n) is 3.77. The Kier molecular flexibility index (Phi) is 3.20. The normalized spacial score (nSPS) is 19.4. The van der Waals surface area contributed by atoms with Crippen LogP contribution in [-0.4, -0.2) is 16.2 Å². The maximum absolute atomic E-state index is 10.7. The highest BCUT2D eigenvalue weighted by atomic mass is 16.4. The van der Waals surface area contributed by atoms with Crippen LogP contribution in [0.5, 0.6) is 0 Å². The Balaban J connectivity index is 2.22. The van der Waals surface area contributed by atoms with Crippen LogP contribution in [0.15, 0.2) is 24.3 Å². The Hall–Kier alpha value is -1.35. The molecule has 92 valence electrons. The number of rotatable bonds is 4. The Morgan fingerprint density at radius 3 is 2.71 bits per heavy atom. The first kappa shape index (κ1) is 12.1. The zero-order chi connectivity index (χ0) is 12.5. The highest BCUT2D eigenvalue weighted by molar-refractivity contribution is 5.70. The quantitative estimate of drug-likeness (QED) is 0.840. The van der Waals surface area contributed by atoms with Gasteiger partial charge in [0.2, 0.25) is 0 Å². The second-order valence-corrected chi connectivity index (χ2v) is 5.05. The van der Waals surface area contributed by atoms with Crippen molar-refractivity contribution in [1.82, 2.24) is 0 Å². The van der Waals surface area contributed by atoms with Gasteiger partial charge in [-0.15, -0.1) is 0 Å². The van der Waals surface area contributed by atoms with E-state index in [9.17, 15) is 9.90 Å². The third-order valence-corrected chi connectivity index (χ3v) is 3.77. The Labute approximate surface area is 101 Å². The number of hydrogen-bond donors (Lipinski definition) is 2. The minimum absolute atomic E-state index is 0.00852. The van der Waals surface area contributed by atoms with E-state index in [0.29, 0.717) is 5.92 Å². The van der Waals surface area contributed by atoms with Gasteiger partial charge in [0.1, 0.15) is 0 Å². The highest BCUT2D eigenvalue weighted by Crippen LogP contribution is 2.42. The van der Waals surface area contributed by atoms with E-state index in [1.54, 1.807) is 6.07 Å². The molecule has 1 aliphatic carbocycles. The maximum Gasteiger partial charge on any atom is 0.307 e. The predicted octanol–water partition coefficient (Wildman–Crippen LogP) is 2.32. The first-order valence-electron chi connectivity index (χ1n) is 6.03. The maximum atomic E-state index is 10.7. The van der Waals surface area contributed by atoms with E-state index in [1.807, 2.05) is 25.1 Å². The van der Waals surface area contributed by atoms with Crippen molar-refractivity contribution in [2.75, 3.05) is 0 Å². The number of benzene rings is 1. The second kappa shape index (κ2) is 4.49. The van der Waals surface area contributed by atoms with Gasteiger partial charge in [-0.3, -0.25) is 4.79 Å². The number of aliphatic hydroxyl groups is 1. The lowest BCUT2D eigenvalue weighted by Gasteiger charge is -2.39. The topological polar surface area (TPSA) is 57.5 Å². The minimum atomic E-state index is -0.842. The fraction of sp³-hybridized carbons (Fsp3) is 0.500. The van der Waals surface area contributed by atoms with E-state index in [2.05, 4.69) is 0 Å². The molecule has 2 rings (SSSR count). The van der Waals surface area contributed by atoms with Gasteiger partial charge >= 0.3 is 5.97 Å². The van der Waals surface area contributed by atoms with E-state index < -0.39 is 11.6 Å². The highest BCUT2D eigenvalue weighted by Gasteiger charge is 2.37. The fourth-order valence-corrected chi connectivity index (χ4v) is 2.38. The molecule has 17 heavy (non-hydrogen) atoms. The lowest BCUT2D eigenvalue weighted by molar-refractivity contribution is -0.136. The van der Waals surface area contributed by atoms with Gasteiger partial charge in [-0.25, -0.2) is 0 Å². The molecule has 2 N–H and O–H groups in total. The smallest absolute Gasteiger partial charge is 0.307 e. The molecular weight excluding hydrogens is 216 g/mol. The van der Waals surface area contributed by atoms with Crippen molar-refractivity contribution in [2.45, 2.75) is 38.2 Å². The summed E-state index contributed by atoms with van der Waals surface area (Å²) in [6.07, 6.45) is 3.29. The third kappa shape index (κ3) is 2.50. The van der Waals surface area contributed by atoms with Crippen molar-refractivity contribution in [1.29, 1.82) is 0 Å². The molecule has 0 aliphatic heterocycles.